The first-order chi connectivity index (χ1) is 6.62. The molecule has 0 saturated carbocycles. The van der Waals surface area contributed by atoms with E-state index >= 15 is 0 Å². The first kappa shape index (κ1) is 12.1. The minimum atomic E-state index is -4.33. The number of nitrogens with zero attached hydrogens (tertiary/aromatic N) is 1. The van der Waals surface area contributed by atoms with Gasteiger partial charge in [-0.1, -0.05) is 0 Å². The van der Waals surface area contributed by atoms with Crippen molar-refractivity contribution in [1.29, 1.82) is 0 Å². The van der Waals surface area contributed by atoms with Crippen molar-refractivity contribution in [3.05, 3.63) is 18.3 Å². The lowest BCUT2D eigenvalue weighted by molar-refractivity contribution is -0.712. The topological polar surface area (TPSA) is 92.4 Å². The van der Waals surface area contributed by atoms with Crippen LogP contribution in [0.5, 0.6) is 0 Å². The van der Waals surface area contributed by atoms with Gasteiger partial charge in [0, 0.05) is 12.3 Å². The molecule has 15 heavy (non-hydrogen) atoms. The summed E-state index contributed by atoms with van der Waals surface area (Å²) < 4.78 is 53.6. The first-order valence-electron chi connectivity index (χ1n) is 3.79. The number of hydrogen-bond donors (Lipinski definition) is 1. The van der Waals surface area contributed by atoms with Crippen molar-refractivity contribution < 1.29 is 26.0 Å². The van der Waals surface area contributed by atoms with E-state index in [1.54, 1.807) is 0 Å². The van der Waals surface area contributed by atoms with Crippen LogP contribution in [0.3, 0.4) is 0 Å². The summed E-state index contributed by atoms with van der Waals surface area (Å²) in [5, 5.41) is -0.366. The van der Waals surface area contributed by atoms with Gasteiger partial charge in [0.2, 0.25) is 0 Å². The van der Waals surface area contributed by atoms with Crippen LogP contribution in [0.15, 0.2) is 28.3 Å². The summed E-state index contributed by atoms with van der Waals surface area (Å²) in [7, 11) is -6.38. The second kappa shape index (κ2) is 3.54. The Morgan fingerprint density at radius 3 is 2.07 bits per heavy atom. The van der Waals surface area contributed by atoms with Crippen LogP contribution < -0.4 is 4.57 Å². The van der Waals surface area contributed by atoms with Crippen molar-refractivity contribution in [2.75, 3.05) is 6.26 Å². The SMILES string of the molecule is C[n+]1cc(S(C)(=O)=O)ccc1S(=O)(=O)O. The van der Waals surface area contributed by atoms with Crippen LogP contribution in [-0.4, -0.2) is 27.6 Å². The zero-order valence-electron chi connectivity index (χ0n) is 8.08. The predicted molar refractivity (Wildman–Crippen MR) is 50.5 cm³/mol. The summed E-state index contributed by atoms with van der Waals surface area (Å²) in [4.78, 5) is -0.0163. The summed E-state index contributed by atoms with van der Waals surface area (Å²) in [6.45, 7) is 0. The molecule has 0 bridgehead atoms. The molecule has 0 spiro atoms. The fourth-order valence-electron chi connectivity index (χ4n) is 1.06. The van der Waals surface area contributed by atoms with E-state index in [0.29, 0.717) is 0 Å². The summed E-state index contributed by atoms with van der Waals surface area (Å²) in [5.74, 6) is 0. The average Bonchev–Trinajstić information content (AvgIpc) is 1.99. The lowest BCUT2D eigenvalue weighted by Gasteiger charge is -1.98. The molecule has 1 aromatic rings. The van der Waals surface area contributed by atoms with Crippen molar-refractivity contribution in [2.24, 2.45) is 7.05 Å². The number of rotatable bonds is 2. The number of aryl methyl sites for hydroxylation is 1. The molecule has 1 aromatic heterocycles. The summed E-state index contributed by atoms with van der Waals surface area (Å²) in [6, 6.07) is 2.16. The number of hydrogen-bond acceptors (Lipinski definition) is 4. The van der Waals surface area contributed by atoms with Crippen LogP contribution in [-0.2, 0) is 27.0 Å². The van der Waals surface area contributed by atoms with Crippen molar-refractivity contribution in [1.82, 2.24) is 0 Å². The zero-order chi connectivity index (χ0) is 11.9. The van der Waals surface area contributed by atoms with Crippen molar-refractivity contribution >= 4 is 20.0 Å². The standard InChI is InChI=1S/C7H9NO5S2/c1-8-5-6(14(2,9)10)3-4-7(8)15(11,12)13/h3-5H,1-2H3/p+1. The maximum Gasteiger partial charge on any atom is 0.355 e. The molecule has 0 aliphatic heterocycles. The Balaban J connectivity index is 3.47. The van der Waals surface area contributed by atoms with Crippen LogP contribution in [0.25, 0.3) is 0 Å². The second-order valence-corrected chi connectivity index (χ2v) is 6.45. The fourth-order valence-corrected chi connectivity index (χ4v) is 2.38. The highest BCUT2D eigenvalue weighted by Crippen LogP contribution is 2.08. The van der Waals surface area contributed by atoms with Gasteiger partial charge in [-0.15, -0.1) is 0 Å². The van der Waals surface area contributed by atoms with E-state index < -0.39 is 20.0 Å². The molecule has 0 amide bonds. The lowest BCUT2D eigenvalue weighted by Crippen LogP contribution is -2.35. The van der Waals surface area contributed by atoms with E-state index in [2.05, 4.69) is 0 Å². The Morgan fingerprint density at radius 1 is 1.20 bits per heavy atom. The number of aromatic nitrogens is 1. The van der Waals surface area contributed by atoms with Gasteiger partial charge < -0.3 is 0 Å². The Kier molecular flexibility index (Phi) is 2.85. The molecule has 6 nitrogen and oxygen atoms in total. The van der Waals surface area contributed by atoms with E-state index in [1.165, 1.54) is 7.05 Å². The van der Waals surface area contributed by atoms with Crippen LogP contribution >= 0.6 is 0 Å². The molecule has 0 saturated heterocycles. The third kappa shape index (κ3) is 2.74. The largest absolute Gasteiger partial charge is 0.355 e. The minimum Gasteiger partial charge on any atom is -0.277 e. The van der Waals surface area contributed by atoms with E-state index in [9.17, 15) is 16.8 Å². The van der Waals surface area contributed by atoms with Crippen molar-refractivity contribution in [3.63, 3.8) is 0 Å². The molecule has 0 atom stereocenters. The van der Waals surface area contributed by atoms with E-state index in [0.717, 1.165) is 29.2 Å². The fraction of sp³-hybridized carbons (Fsp3) is 0.286. The van der Waals surface area contributed by atoms with Gasteiger partial charge in [-0.05, 0) is 6.07 Å². The van der Waals surface area contributed by atoms with Crippen LogP contribution in [0.4, 0.5) is 0 Å². The summed E-state index contributed by atoms with van der Waals surface area (Å²) in [6.07, 6.45) is 2.13. The maximum absolute atomic E-state index is 11.1. The highest BCUT2D eigenvalue weighted by molar-refractivity contribution is 7.90. The van der Waals surface area contributed by atoms with Gasteiger partial charge in [0.15, 0.2) is 16.0 Å². The molecule has 0 radical (unpaired) electrons. The molecule has 0 aliphatic rings. The Bertz CT molecular complexity index is 588. The Labute approximate surface area is 87.8 Å². The van der Waals surface area contributed by atoms with Gasteiger partial charge in [-0.2, -0.15) is 13.0 Å². The van der Waals surface area contributed by atoms with Gasteiger partial charge in [-0.25, -0.2) is 8.42 Å². The van der Waals surface area contributed by atoms with Gasteiger partial charge >= 0.3 is 15.1 Å². The Morgan fingerprint density at radius 2 is 1.73 bits per heavy atom. The molecule has 0 aliphatic carbocycles. The lowest BCUT2D eigenvalue weighted by atomic mass is 10.5. The molecule has 0 fully saturated rings. The van der Waals surface area contributed by atoms with Gasteiger partial charge in [0.25, 0.3) is 0 Å². The highest BCUT2D eigenvalue weighted by atomic mass is 32.2. The van der Waals surface area contributed by atoms with E-state index in [1.807, 2.05) is 0 Å². The number of pyridine rings is 1. The molecular weight excluding hydrogens is 242 g/mol. The molecule has 1 N–H and O–H groups in total. The molecule has 84 valence electrons. The third-order valence-electron chi connectivity index (χ3n) is 1.75. The third-order valence-corrected chi connectivity index (χ3v) is 3.80. The Hall–Kier alpha value is -0.990. The van der Waals surface area contributed by atoms with E-state index in [-0.39, 0.29) is 9.92 Å². The highest BCUT2D eigenvalue weighted by Gasteiger charge is 2.23. The number of sulfone groups is 1. The molecule has 0 unspecified atom stereocenters. The quantitative estimate of drug-likeness (QED) is 0.547. The molecule has 8 heteroatoms. The zero-order valence-corrected chi connectivity index (χ0v) is 9.71. The molecule has 0 aromatic carbocycles. The van der Waals surface area contributed by atoms with Gasteiger partial charge in [0.1, 0.15) is 11.9 Å². The van der Waals surface area contributed by atoms with Crippen LogP contribution in [0.1, 0.15) is 0 Å². The minimum absolute atomic E-state index is 0.0163. The molecule has 1 heterocycles. The van der Waals surface area contributed by atoms with Crippen molar-refractivity contribution in [3.8, 4) is 0 Å². The summed E-state index contributed by atoms with van der Waals surface area (Å²) in [5.41, 5.74) is 0. The average molecular weight is 252 g/mol. The van der Waals surface area contributed by atoms with Crippen LogP contribution in [0.2, 0.25) is 0 Å². The molecular formula is C7H10NO5S2+. The summed E-state index contributed by atoms with van der Waals surface area (Å²) >= 11 is 0. The second-order valence-electron chi connectivity index (χ2n) is 3.06. The predicted octanol–water partition coefficient (Wildman–Crippen LogP) is -0.839. The smallest absolute Gasteiger partial charge is 0.277 e. The first-order valence-corrected chi connectivity index (χ1v) is 7.13. The molecule has 1 rings (SSSR count). The van der Waals surface area contributed by atoms with E-state index in [4.69, 9.17) is 4.55 Å². The normalized spacial score (nSPS) is 12.7. The maximum atomic E-state index is 11.1. The van der Waals surface area contributed by atoms with Crippen LogP contribution in [0, 0.1) is 0 Å². The monoisotopic (exact) mass is 252 g/mol. The van der Waals surface area contributed by atoms with Crippen molar-refractivity contribution in [2.45, 2.75) is 9.92 Å². The van der Waals surface area contributed by atoms with Gasteiger partial charge in [-0.3, -0.25) is 4.55 Å². The van der Waals surface area contributed by atoms with Gasteiger partial charge in [0.05, 0.1) is 0 Å².